The zero-order chi connectivity index (χ0) is 13.3. The molecule has 1 atom stereocenters. The fourth-order valence-corrected chi connectivity index (χ4v) is 1.02. The molecule has 0 bridgehead atoms. The summed E-state index contributed by atoms with van der Waals surface area (Å²) in [5, 5.41) is 9.52. The highest BCUT2D eigenvalue weighted by molar-refractivity contribution is 5.81. The van der Waals surface area contributed by atoms with Gasteiger partial charge in [0.1, 0.15) is 12.7 Å². The van der Waals surface area contributed by atoms with Crippen LogP contribution in [0.25, 0.3) is 0 Å². The van der Waals surface area contributed by atoms with Crippen molar-refractivity contribution in [1.82, 2.24) is 4.90 Å². The Morgan fingerprint density at radius 2 is 1.94 bits per heavy atom. The van der Waals surface area contributed by atoms with Crippen LogP contribution in [-0.2, 0) is 19.0 Å². The lowest BCUT2D eigenvalue weighted by Gasteiger charge is -2.16. The molecule has 100 valence electrons. The molecule has 17 heavy (non-hydrogen) atoms. The number of aliphatic hydroxyl groups excluding tert-OH is 1. The van der Waals surface area contributed by atoms with Crippen LogP contribution in [-0.4, -0.2) is 69.8 Å². The molecule has 0 rings (SSSR count). The monoisotopic (exact) mass is 247 g/mol. The lowest BCUT2D eigenvalue weighted by atomic mass is 10.3. The molecule has 0 radical (unpaired) electrons. The molecule has 0 heterocycles. The summed E-state index contributed by atoms with van der Waals surface area (Å²) in [6.07, 6.45) is 0.633. The van der Waals surface area contributed by atoms with Gasteiger partial charge in [0.25, 0.3) is 0 Å². The molecule has 0 spiro atoms. The van der Waals surface area contributed by atoms with Gasteiger partial charge in [-0.15, -0.1) is 0 Å². The third-order valence-corrected chi connectivity index (χ3v) is 1.96. The largest absolute Gasteiger partial charge is 0.461 e. The predicted molar refractivity (Wildman–Crippen MR) is 62.5 cm³/mol. The Morgan fingerprint density at radius 3 is 2.41 bits per heavy atom. The first kappa shape index (κ1) is 16.1. The molecule has 0 fully saturated rings. The second-order valence-corrected chi connectivity index (χ2v) is 3.66. The molecule has 0 amide bonds. The van der Waals surface area contributed by atoms with Gasteiger partial charge in [-0.05, 0) is 20.2 Å². The van der Waals surface area contributed by atoms with Crippen LogP contribution in [0.4, 0.5) is 0 Å². The smallest absolute Gasteiger partial charge is 0.330 e. The molecule has 1 unspecified atom stereocenters. The summed E-state index contributed by atoms with van der Waals surface area (Å²) >= 11 is 0. The molecule has 0 aromatic rings. The minimum absolute atomic E-state index is 0.310. The van der Waals surface area contributed by atoms with Gasteiger partial charge in [-0.1, -0.05) is 0 Å². The molecule has 0 aliphatic rings. The summed E-state index contributed by atoms with van der Waals surface area (Å²) < 4.78 is 14.5. The number of aliphatic hydroxyl groups is 1. The maximum Gasteiger partial charge on any atom is 0.330 e. The quantitative estimate of drug-likeness (QED) is 0.358. The van der Waals surface area contributed by atoms with Gasteiger partial charge >= 0.3 is 5.97 Å². The fourth-order valence-electron chi connectivity index (χ4n) is 1.02. The maximum atomic E-state index is 11.2. The Balaban J connectivity index is 3.93. The minimum Gasteiger partial charge on any atom is -0.461 e. The lowest BCUT2D eigenvalue weighted by molar-refractivity contribution is -0.150. The van der Waals surface area contributed by atoms with Crippen LogP contribution in [0, 0.1) is 0 Å². The first-order chi connectivity index (χ1) is 8.01. The molecule has 0 aliphatic heterocycles. The van der Waals surface area contributed by atoms with E-state index in [1.165, 1.54) is 20.3 Å². The highest BCUT2D eigenvalue weighted by atomic mass is 16.7. The summed E-state index contributed by atoms with van der Waals surface area (Å²) in [5.41, 5.74) is 0. The van der Waals surface area contributed by atoms with Gasteiger partial charge < -0.3 is 24.2 Å². The molecule has 1 N–H and O–H groups in total. The van der Waals surface area contributed by atoms with Gasteiger partial charge in [-0.2, -0.15) is 0 Å². The van der Waals surface area contributed by atoms with E-state index in [4.69, 9.17) is 14.2 Å². The van der Waals surface area contributed by atoms with E-state index in [1.807, 2.05) is 19.0 Å². The molecule has 6 nitrogen and oxygen atoms in total. The summed E-state index contributed by atoms with van der Waals surface area (Å²) in [5.74, 6) is -0.503. The van der Waals surface area contributed by atoms with Crippen LogP contribution >= 0.6 is 0 Å². The third kappa shape index (κ3) is 7.87. The first-order valence-electron chi connectivity index (χ1n) is 5.24. The Bertz CT molecular complexity index is 238. The van der Waals surface area contributed by atoms with Gasteiger partial charge in [-0.3, -0.25) is 0 Å². The minimum atomic E-state index is -1.01. The summed E-state index contributed by atoms with van der Waals surface area (Å²) in [6, 6.07) is 0. The first-order valence-corrected chi connectivity index (χ1v) is 5.24. The van der Waals surface area contributed by atoms with E-state index in [0.29, 0.717) is 13.2 Å². The number of ether oxygens (including phenoxy) is 3. The van der Waals surface area contributed by atoms with Crippen LogP contribution < -0.4 is 0 Å². The van der Waals surface area contributed by atoms with Crippen molar-refractivity contribution in [2.24, 2.45) is 0 Å². The topological polar surface area (TPSA) is 68.2 Å². The summed E-state index contributed by atoms with van der Waals surface area (Å²) in [4.78, 5) is 13.1. The number of rotatable bonds is 8. The molecule has 0 aromatic carbocycles. The van der Waals surface area contributed by atoms with E-state index in [-0.39, 0.29) is 0 Å². The standard InChI is InChI=1S/C11H21NO5/c1-12(2)7-8-17-10(14)6-5-9(13)11(15-3)16-4/h5-6,9,11,13H,7-8H2,1-4H3. The second kappa shape index (κ2) is 9.12. The van der Waals surface area contributed by atoms with E-state index >= 15 is 0 Å². The SMILES string of the molecule is COC(OC)C(O)C=CC(=O)OCCN(C)C. The lowest BCUT2D eigenvalue weighted by Crippen LogP contribution is -2.28. The normalized spacial score (nSPS) is 13.6. The van der Waals surface area contributed by atoms with Gasteiger partial charge in [0, 0.05) is 26.8 Å². The van der Waals surface area contributed by atoms with E-state index in [1.54, 1.807) is 0 Å². The van der Waals surface area contributed by atoms with Crippen molar-refractivity contribution in [1.29, 1.82) is 0 Å². The van der Waals surface area contributed by atoms with Crippen LogP contribution in [0.2, 0.25) is 0 Å². The van der Waals surface area contributed by atoms with Crippen molar-refractivity contribution in [2.75, 3.05) is 41.5 Å². The number of nitrogens with zero attached hydrogens (tertiary/aromatic N) is 1. The Morgan fingerprint density at radius 1 is 1.35 bits per heavy atom. The number of hydrogen-bond donors (Lipinski definition) is 1. The fraction of sp³-hybridized carbons (Fsp3) is 0.727. The number of likely N-dealkylation sites (N-methyl/N-ethyl adjacent to an activating group) is 1. The van der Waals surface area contributed by atoms with E-state index < -0.39 is 18.4 Å². The summed E-state index contributed by atoms with van der Waals surface area (Å²) in [6.45, 7) is 0.963. The highest BCUT2D eigenvalue weighted by Crippen LogP contribution is 2.00. The molecule has 0 saturated heterocycles. The average molecular weight is 247 g/mol. The molecule has 0 aromatic heterocycles. The van der Waals surface area contributed by atoms with Crippen molar-refractivity contribution in [3.05, 3.63) is 12.2 Å². The van der Waals surface area contributed by atoms with Crippen LogP contribution in [0.15, 0.2) is 12.2 Å². The van der Waals surface area contributed by atoms with Crippen LogP contribution in [0.1, 0.15) is 0 Å². The predicted octanol–water partition coefficient (Wildman–Crippen LogP) is -0.373. The third-order valence-electron chi connectivity index (χ3n) is 1.96. The molecular weight excluding hydrogens is 226 g/mol. The number of methoxy groups -OCH3 is 2. The van der Waals surface area contributed by atoms with Crippen LogP contribution in [0.5, 0.6) is 0 Å². The number of hydrogen-bond acceptors (Lipinski definition) is 6. The van der Waals surface area contributed by atoms with Gasteiger partial charge in [0.05, 0.1) is 0 Å². The van der Waals surface area contributed by atoms with Crippen molar-refractivity contribution in [3.8, 4) is 0 Å². The van der Waals surface area contributed by atoms with Crippen molar-refractivity contribution >= 4 is 5.97 Å². The Labute approximate surface area is 102 Å². The molecule has 6 heteroatoms. The Kier molecular flexibility index (Phi) is 8.61. The molecule has 0 aliphatic carbocycles. The highest BCUT2D eigenvalue weighted by Gasteiger charge is 2.14. The molecular formula is C11H21NO5. The van der Waals surface area contributed by atoms with Crippen molar-refractivity contribution < 1.29 is 24.1 Å². The van der Waals surface area contributed by atoms with Gasteiger partial charge in [-0.25, -0.2) is 4.79 Å². The van der Waals surface area contributed by atoms with E-state index in [2.05, 4.69) is 0 Å². The Hall–Kier alpha value is -0.950. The number of esters is 1. The summed E-state index contributed by atoms with van der Waals surface area (Å²) in [7, 11) is 6.58. The average Bonchev–Trinajstić information content (AvgIpc) is 2.27. The second-order valence-electron chi connectivity index (χ2n) is 3.66. The number of carbonyl (C=O) groups is 1. The van der Waals surface area contributed by atoms with Gasteiger partial charge in [0.15, 0.2) is 6.29 Å². The zero-order valence-electron chi connectivity index (χ0n) is 10.8. The van der Waals surface area contributed by atoms with E-state index in [0.717, 1.165) is 6.08 Å². The van der Waals surface area contributed by atoms with Crippen LogP contribution in [0.3, 0.4) is 0 Å². The maximum absolute atomic E-state index is 11.2. The van der Waals surface area contributed by atoms with Crippen molar-refractivity contribution in [3.63, 3.8) is 0 Å². The zero-order valence-corrected chi connectivity index (χ0v) is 10.8. The van der Waals surface area contributed by atoms with Crippen molar-refractivity contribution in [2.45, 2.75) is 12.4 Å². The van der Waals surface area contributed by atoms with E-state index in [9.17, 15) is 9.90 Å². The number of carbonyl (C=O) groups excluding carboxylic acids is 1. The molecule has 0 saturated carbocycles. The van der Waals surface area contributed by atoms with Gasteiger partial charge in [0.2, 0.25) is 0 Å².